The molecule has 8 nitrogen and oxygen atoms in total. The lowest BCUT2D eigenvalue weighted by Gasteiger charge is -2.34. The number of piperidine rings is 2. The number of piperazine rings is 2. The van der Waals surface area contributed by atoms with Gasteiger partial charge >= 0.3 is 0 Å². The molecule has 8 heteroatoms. The smallest absolute Gasteiger partial charge is 0.0678 e. The molecule has 0 N–H and O–H groups in total. The Bertz CT molecular complexity index is 531. The minimum Gasteiger partial charge on any atom is -0.373 e. The summed E-state index contributed by atoms with van der Waals surface area (Å²) in [5.74, 6) is 0. The van der Waals surface area contributed by atoms with Crippen LogP contribution < -0.4 is 0 Å². The van der Waals surface area contributed by atoms with Crippen LogP contribution in [0.1, 0.15) is 66.2 Å². The summed E-state index contributed by atoms with van der Waals surface area (Å²) in [7, 11) is 13.1. The molecule has 5 saturated heterocycles. The molecule has 0 saturated carbocycles. The molecule has 246 valence electrons. The van der Waals surface area contributed by atoms with Crippen molar-refractivity contribution in [3.05, 3.63) is 0 Å². The van der Waals surface area contributed by atoms with Crippen LogP contribution in [0, 0.1) is 0 Å². The molecule has 5 aliphatic rings. The molecule has 0 aromatic carbocycles. The van der Waals surface area contributed by atoms with Crippen molar-refractivity contribution < 1.29 is 4.74 Å². The Balaban J connectivity index is 0.000000258. The quantitative estimate of drug-likeness (QED) is 0.464. The number of morpholine rings is 1. The Morgan fingerprint density at radius 3 is 0.951 bits per heavy atom. The van der Waals surface area contributed by atoms with Gasteiger partial charge in [-0.3, -0.25) is 4.90 Å². The molecule has 0 aromatic rings. The first kappa shape index (κ1) is 38.7. The van der Waals surface area contributed by atoms with Gasteiger partial charge in [-0.1, -0.05) is 12.8 Å². The van der Waals surface area contributed by atoms with E-state index >= 15 is 0 Å². The van der Waals surface area contributed by atoms with Crippen LogP contribution in [0.4, 0.5) is 0 Å². The Kier molecular flexibility index (Phi) is 21.8. The lowest BCUT2D eigenvalue weighted by Crippen LogP contribution is -2.47. The number of rotatable bonds is 1. The zero-order valence-corrected chi connectivity index (χ0v) is 29.4. The fourth-order valence-electron chi connectivity index (χ4n) is 5.78. The van der Waals surface area contributed by atoms with Crippen LogP contribution >= 0.6 is 0 Å². The zero-order chi connectivity index (χ0) is 30.6. The van der Waals surface area contributed by atoms with Gasteiger partial charge < -0.3 is 34.1 Å². The van der Waals surface area contributed by atoms with Gasteiger partial charge in [-0.2, -0.15) is 0 Å². The third kappa shape index (κ3) is 21.1. The summed E-state index contributed by atoms with van der Waals surface area (Å²) in [6.45, 7) is 26.1. The predicted molar refractivity (Wildman–Crippen MR) is 179 cm³/mol. The SMILES string of the molecule is CC(C)N1CCN(C)CC1.CC1CN(C)CC(C)O1.CN1CCCCC1.CN1CCCCC1.CN1CCN(C)CC1. The maximum absolute atomic E-state index is 5.51. The van der Waals surface area contributed by atoms with E-state index in [1.807, 2.05) is 0 Å². The number of likely N-dealkylation sites (tertiary alicyclic amines) is 2. The molecular weight excluding hydrogens is 510 g/mol. The minimum atomic E-state index is 0.416. The van der Waals surface area contributed by atoms with Gasteiger partial charge in [0.15, 0.2) is 0 Å². The molecule has 5 heterocycles. The third-order valence-electron chi connectivity index (χ3n) is 8.76. The molecule has 0 bridgehead atoms. The number of ether oxygens (including phenoxy) is 1. The Hall–Kier alpha value is -0.320. The third-order valence-corrected chi connectivity index (χ3v) is 8.76. The van der Waals surface area contributed by atoms with Gasteiger partial charge in [-0.25, -0.2) is 0 Å². The lowest BCUT2D eigenvalue weighted by atomic mass is 10.1. The van der Waals surface area contributed by atoms with Crippen LogP contribution in [0.15, 0.2) is 0 Å². The van der Waals surface area contributed by atoms with E-state index in [1.165, 1.54) is 117 Å². The fraction of sp³-hybridized carbons (Fsp3) is 1.00. The van der Waals surface area contributed by atoms with Crippen LogP contribution in [0.3, 0.4) is 0 Å². The normalized spacial score (nSPS) is 28.2. The van der Waals surface area contributed by atoms with Crippen LogP contribution in [0.2, 0.25) is 0 Å². The van der Waals surface area contributed by atoms with Crippen molar-refractivity contribution in [2.75, 3.05) is 134 Å². The van der Waals surface area contributed by atoms with Crippen molar-refractivity contribution in [3.8, 4) is 0 Å². The molecule has 0 radical (unpaired) electrons. The fourth-order valence-corrected chi connectivity index (χ4v) is 5.78. The summed E-state index contributed by atoms with van der Waals surface area (Å²) in [4.78, 5) is 16.7. The molecule has 0 spiro atoms. The second kappa shape index (κ2) is 23.1. The predicted octanol–water partition coefficient (Wildman–Crippen LogP) is 3.44. The standard InChI is InChI=1S/C8H18N2.C7H15NO.C6H14N2.2C6H13N/c1-8(2)10-6-4-9(3)5-7-10;1-6-4-8(3)5-7(2)9-6;1-7-3-5-8(2)6-4-7;2*1-7-5-3-2-4-6-7/h8H,4-7H2,1-3H3;6-7H,4-5H2,1-3H3;3-6H2,1-2H3;2*2-6H2,1H3. The highest BCUT2D eigenvalue weighted by Crippen LogP contribution is 2.08. The van der Waals surface area contributed by atoms with Gasteiger partial charge in [0.2, 0.25) is 0 Å². The van der Waals surface area contributed by atoms with E-state index in [-0.39, 0.29) is 0 Å². The number of hydrogen-bond acceptors (Lipinski definition) is 8. The Morgan fingerprint density at radius 2 is 0.707 bits per heavy atom. The minimum absolute atomic E-state index is 0.416. The molecule has 5 aliphatic heterocycles. The monoisotopic (exact) mass is 584 g/mol. The average Bonchev–Trinajstić information content (AvgIpc) is 2.92. The summed E-state index contributed by atoms with van der Waals surface area (Å²) < 4.78 is 5.51. The van der Waals surface area contributed by atoms with Gasteiger partial charge in [0.1, 0.15) is 0 Å². The summed E-state index contributed by atoms with van der Waals surface area (Å²) in [5, 5.41) is 0. The Labute approximate surface area is 257 Å². The van der Waals surface area contributed by atoms with E-state index in [0.29, 0.717) is 12.2 Å². The van der Waals surface area contributed by atoms with Crippen LogP contribution in [0.5, 0.6) is 0 Å². The molecule has 5 fully saturated rings. The number of nitrogens with zero attached hydrogens (tertiary/aromatic N) is 7. The van der Waals surface area contributed by atoms with E-state index in [4.69, 9.17) is 4.74 Å². The summed E-state index contributed by atoms with van der Waals surface area (Å²) >= 11 is 0. The second-order valence-electron chi connectivity index (χ2n) is 13.7. The van der Waals surface area contributed by atoms with Crippen molar-refractivity contribution in [3.63, 3.8) is 0 Å². The molecule has 41 heavy (non-hydrogen) atoms. The van der Waals surface area contributed by atoms with Gasteiger partial charge in [0, 0.05) is 71.5 Å². The van der Waals surface area contributed by atoms with Crippen molar-refractivity contribution in [2.45, 2.75) is 84.5 Å². The van der Waals surface area contributed by atoms with E-state index < -0.39 is 0 Å². The van der Waals surface area contributed by atoms with E-state index in [9.17, 15) is 0 Å². The number of hydrogen-bond donors (Lipinski definition) is 0. The molecule has 2 atom stereocenters. The van der Waals surface area contributed by atoms with E-state index in [2.05, 4.69) is 104 Å². The van der Waals surface area contributed by atoms with Crippen LogP contribution in [-0.4, -0.2) is 186 Å². The molecular formula is C33H73N7O. The van der Waals surface area contributed by atoms with Crippen molar-refractivity contribution >= 4 is 0 Å². The van der Waals surface area contributed by atoms with E-state index in [1.54, 1.807) is 0 Å². The van der Waals surface area contributed by atoms with Gasteiger partial charge in [-0.05, 0) is 122 Å². The topological polar surface area (TPSA) is 31.9 Å². The first-order valence-electron chi connectivity index (χ1n) is 17.0. The van der Waals surface area contributed by atoms with Crippen molar-refractivity contribution in [1.82, 2.24) is 34.3 Å². The first-order chi connectivity index (χ1) is 19.5. The van der Waals surface area contributed by atoms with Crippen LogP contribution in [-0.2, 0) is 4.74 Å². The largest absolute Gasteiger partial charge is 0.373 e. The lowest BCUT2D eigenvalue weighted by molar-refractivity contribution is -0.0602. The second-order valence-corrected chi connectivity index (χ2v) is 13.7. The van der Waals surface area contributed by atoms with Crippen LogP contribution in [0.25, 0.3) is 0 Å². The highest BCUT2D eigenvalue weighted by Gasteiger charge is 2.18. The highest BCUT2D eigenvalue weighted by atomic mass is 16.5. The molecule has 2 unspecified atom stereocenters. The molecule has 5 rings (SSSR count). The van der Waals surface area contributed by atoms with Gasteiger partial charge in [-0.15, -0.1) is 0 Å². The highest BCUT2D eigenvalue weighted by molar-refractivity contribution is 4.72. The number of likely N-dealkylation sites (N-methyl/N-ethyl adjacent to an activating group) is 4. The molecule has 0 aliphatic carbocycles. The van der Waals surface area contributed by atoms with Gasteiger partial charge in [0.25, 0.3) is 0 Å². The maximum atomic E-state index is 5.51. The van der Waals surface area contributed by atoms with Crippen molar-refractivity contribution in [2.24, 2.45) is 0 Å². The van der Waals surface area contributed by atoms with Gasteiger partial charge in [0.05, 0.1) is 12.2 Å². The zero-order valence-electron chi connectivity index (χ0n) is 29.4. The summed E-state index contributed by atoms with van der Waals surface area (Å²) in [6, 6.07) is 0.730. The van der Waals surface area contributed by atoms with Crippen molar-refractivity contribution in [1.29, 1.82) is 0 Å². The first-order valence-corrected chi connectivity index (χ1v) is 17.0. The summed E-state index contributed by atoms with van der Waals surface area (Å²) in [5.41, 5.74) is 0. The summed E-state index contributed by atoms with van der Waals surface area (Å²) in [6.07, 6.45) is 9.38. The molecule has 0 aromatic heterocycles. The maximum Gasteiger partial charge on any atom is 0.0678 e. The molecule has 0 amide bonds. The Morgan fingerprint density at radius 1 is 0.415 bits per heavy atom. The van der Waals surface area contributed by atoms with E-state index in [0.717, 1.165) is 19.1 Å². The average molecular weight is 584 g/mol.